The summed E-state index contributed by atoms with van der Waals surface area (Å²) < 4.78 is 5.26. The van der Waals surface area contributed by atoms with Crippen LogP contribution in [0.15, 0.2) is 60.7 Å². The first-order chi connectivity index (χ1) is 13.0. The Bertz CT molecular complexity index is 942. The van der Waals surface area contributed by atoms with Crippen LogP contribution in [0.1, 0.15) is 11.1 Å². The molecule has 27 heavy (non-hydrogen) atoms. The molecule has 0 aliphatic heterocycles. The van der Waals surface area contributed by atoms with Gasteiger partial charge in [-0.15, -0.1) is 0 Å². The van der Waals surface area contributed by atoms with E-state index in [2.05, 4.69) is 29.6 Å². The van der Waals surface area contributed by atoms with Gasteiger partial charge in [0.05, 0.1) is 13.7 Å². The Morgan fingerprint density at radius 3 is 2.59 bits per heavy atom. The van der Waals surface area contributed by atoms with Gasteiger partial charge in [0.15, 0.2) is 0 Å². The third-order valence-electron chi connectivity index (χ3n) is 4.36. The second-order valence-electron chi connectivity index (χ2n) is 6.63. The molecular weight excluding hydrogens is 360 g/mol. The van der Waals surface area contributed by atoms with Gasteiger partial charge in [0.25, 0.3) is 0 Å². The van der Waals surface area contributed by atoms with E-state index in [0.29, 0.717) is 24.7 Å². The standard InChI is InChI=1S/C22H23ClN2O2/c1-25(15-22(26)24-13-16-4-3-5-20(23)11-16)14-17-6-7-19-12-21(27-2)9-8-18(19)10-17/h3-12H,13-15H2,1-2H3,(H,24,26). The van der Waals surface area contributed by atoms with Crippen molar-refractivity contribution in [2.24, 2.45) is 0 Å². The third-order valence-corrected chi connectivity index (χ3v) is 4.59. The highest BCUT2D eigenvalue weighted by molar-refractivity contribution is 6.30. The smallest absolute Gasteiger partial charge is 0.234 e. The molecule has 1 N–H and O–H groups in total. The van der Waals surface area contributed by atoms with Crippen LogP contribution in [-0.4, -0.2) is 31.5 Å². The summed E-state index contributed by atoms with van der Waals surface area (Å²) in [6, 6.07) is 19.8. The molecule has 0 saturated heterocycles. The van der Waals surface area contributed by atoms with E-state index in [1.807, 2.05) is 48.3 Å². The minimum Gasteiger partial charge on any atom is -0.497 e. The van der Waals surface area contributed by atoms with Crippen LogP contribution in [0.5, 0.6) is 5.75 Å². The summed E-state index contributed by atoms with van der Waals surface area (Å²) in [4.78, 5) is 14.2. The zero-order valence-electron chi connectivity index (χ0n) is 15.5. The van der Waals surface area contributed by atoms with Gasteiger partial charge in [0.1, 0.15) is 5.75 Å². The van der Waals surface area contributed by atoms with Crippen LogP contribution in [0.3, 0.4) is 0 Å². The zero-order valence-corrected chi connectivity index (χ0v) is 16.3. The van der Waals surface area contributed by atoms with Gasteiger partial charge in [-0.05, 0) is 59.3 Å². The number of benzene rings is 3. The Hall–Kier alpha value is -2.56. The van der Waals surface area contributed by atoms with E-state index in [1.165, 1.54) is 0 Å². The summed E-state index contributed by atoms with van der Waals surface area (Å²) in [7, 11) is 3.61. The van der Waals surface area contributed by atoms with E-state index in [1.54, 1.807) is 7.11 Å². The molecule has 0 unspecified atom stereocenters. The fourth-order valence-electron chi connectivity index (χ4n) is 3.01. The molecule has 0 heterocycles. The fourth-order valence-corrected chi connectivity index (χ4v) is 3.23. The van der Waals surface area contributed by atoms with Crippen molar-refractivity contribution in [2.75, 3.05) is 20.7 Å². The number of nitrogens with one attached hydrogen (secondary N) is 1. The number of carbonyl (C=O) groups excluding carboxylic acids is 1. The third kappa shape index (κ3) is 5.46. The molecule has 3 aromatic carbocycles. The molecule has 5 heteroatoms. The van der Waals surface area contributed by atoms with Gasteiger partial charge in [0.2, 0.25) is 5.91 Å². The van der Waals surface area contributed by atoms with E-state index < -0.39 is 0 Å². The lowest BCUT2D eigenvalue weighted by molar-refractivity contribution is -0.122. The highest BCUT2D eigenvalue weighted by atomic mass is 35.5. The Labute approximate surface area is 164 Å². The maximum absolute atomic E-state index is 12.2. The molecule has 0 radical (unpaired) electrons. The Morgan fingerprint density at radius 2 is 1.81 bits per heavy atom. The van der Waals surface area contributed by atoms with Gasteiger partial charge >= 0.3 is 0 Å². The summed E-state index contributed by atoms with van der Waals surface area (Å²) in [6.45, 7) is 1.51. The lowest BCUT2D eigenvalue weighted by atomic mass is 10.1. The number of hydrogen-bond acceptors (Lipinski definition) is 3. The lowest BCUT2D eigenvalue weighted by Crippen LogP contribution is -2.34. The van der Waals surface area contributed by atoms with E-state index in [9.17, 15) is 4.79 Å². The lowest BCUT2D eigenvalue weighted by Gasteiger charge is -2.17. The molecule has 3 rings (SSSR count). The zero-order chi connectivity index (χ0) is 19.2. The number of carbonyl (C=O) groups is 1. The molecule has 0 saturated carbocycles. The van der Waals surface area contributed by atoms with Gasteiger partial charge in [-0.1, -0.05) is 41.9 Å². The number of nitrogens with zero attached hydrogens (tertiary/aromatic N) is 1. The second kappa shape index (κ2) is 8.89. The number of hydrogen-bond donors (Lipinski definition) is 1. The van der Waals surface area contributed by atoms with E-state index in [4.69, 9.17) is 16.3 Å². The van der Waals surface area contributed by atoms with Crippen molar-refractivity contribution in [3.05, 3.63) is 76.8 Å². The minimum absolute atomic E-state index is 0.0111. The van der Waals surface area contributed by atoms with Crippen LogP contribution in [0.4, 0.5) is 0 Å². The number of amides is 1. The van der Waals surface area contributed by atoms with Crippen molar-refractivity contribution in [1.82, 2.24) is 10.2 Å². The molecule has 0 aromatic heterocycles. The quantitative estimate of drug-likeness (QED) is 0.664. The van der Waals surface area contributed by atoms with Crippen LogP contribution in [-0.2, 0) is 17.9 Å². The predicted octanol–water partition coefficient (Wildman–Crippen LogP) is 4.25. The van der Waals surface area contributed by atoms with Gasteiger partial charge in [-0.25, -0.2) is 0 Å². The second-order valence-corrected chi connectivity index (χ2v) is 7.06. The van der Waals surface area contributed by atoms with E-state index in [0.717, 1.165) is 27.6 Å². The van der Waals surface area contributed by atoms with Gasteiger partial charge < -0.3 is 10.1 Å². The van der Waals surface area contributed by atoms with Crippen molar-refractivity contribution in [3.63, 3.8) is 0 Å². The summed E-state index contributed by atoms with van der Waals surface area (Å²) in [5, 5.41) is 5.90. The summed E-state index contributed by atoms with van der Waals surface area (Å²) in [6.07, 6.45) is 0. The molecule has 1 amide bonds. The number of rotatable bonds is 7. The average molecular weight is 383 g/mol. The molecule has 0 atom stereocenters. The first kappa shape index (κ1) is 19.2. The molecule has 0 bridgehead atoms. The molecule has 4 nitrogen and oxygen atoms in total. The van der Waals surface area contributed by atoms with Crippen LogP contribution in [0.25, 0.3) is 10.8 Å². The number of halogens is 1. The molecule has 0 aliphatic carbocycles. The summed E-state index contributed by atoms with van der Waals surface area (Å²) in [5.74, 6) is 0.840. The van der Waals surface area contributed by atoms with Gasteiger partial charge in [-0.3, -0.25) is 9.69 Å². The first-order valence-electron chi connectivity index (χ1n) is 8.80. The summed E-state index contributed by atoms with van der Waals surface area (Å²) in [5.41, 5.74) is 2.15. The highest BCUT2D eigenvalue weighted by Crippen LogP contribution is 2.22. The highest BCUT2D eigenvalue weighted by Gasteiger charge is 2.08. The molecule has 0 aliphatic rings. The van der Waals surface area contributed by atoms with Crippen molar-refractivity contribution >= 4 is 28.3 Å². The molecule has 3 aromatic rings. The largest absolute Gasteiger partial charge is 0.497 e. The monoisotopic (exact) mass is 382 g/mol. The van der Waals surface area contributed by atoms with Crippen molar-refractivity contribution in [1.29, 1.82) is 0 Å². The Balaban J connectivity index is 1.54. The predicted molar refractivity (Wildman–Crippen MR) is 110 cm³/mol. The Morgan fingerprint density at radius 1 is 1.04 bits per heavy atom. The van der Waals surface area contributed by atoms with E-state index >= 15 is 0 Å². The van der Waals surface area contributed by atoms with Crippen LogP contribution >= 0.6 is 11.6 Å². The van der Waals surface area contributed by atoms with Crippen LogP contribution in [0, 0.1) is 0 Å². The maximum atomic E-state index is 12.2. The van der Waals surface area contributed by atoms with Gasteiger partial charge in [-0.2, -0.15) is 0 Å². The average Bonchev–Trinajstić information content (AvgIpc) is 2.66. The molecule has 140 valence electrons. The number of likely N-dealkylation sites (N-methyl/N-ethyl adjacent to an activating group) is 1. The number of methoxy groups -OCH3 is 1. The molecule has 0 fully saturated rings. The first-order valence-corrected chi connectivity index (χ1v) is 9.17. The van der Waals surface area contributed by atoms with Crippen molar-refractivity contribution < 1.29 is 9.53 Å². The van der Waals surface area contributed by atoms with Crippen LogP contribution < -0.4 is 10.1 Å². The normalized spacial score (nSPS) is 11.0. The maximum Gasteiger partial charge on any atom is 0.234 e. The van der Waals surface area contributed by atoms with Crippen LogP contribution in [0.2, 0.25) is 5.02 Å². The number of fused-ring (bicyclic) bond motifs is 1. The SMILES string of the molecule is COc1ccc2cc(CN(C)CC(=O)NCc3cccc(Cl)c3)ccc2c1. The topological polar surface area (TPSA) is 41.6 Å². The number of ether oxygens (including phenoxy) is 1. The molecule has 0 spiro atoms. The van der Waals surface area contributed by atoms with E-state index in [-0.39, 0.29) is 5.91 Å². The Kier molecular flexibility index (Phi) is 6.32. The van der Waals surface area contributed by atoms with Crippen molar-refractivity contribution in [2.45, 2.75) is 13.1 Å². The van der Waals surface area contributed by atoms with Crippen molar-refractivity contribution in [3.8, 4) is 5.75 Å². The fraction of sp³-hybridized carbons (Fsp3) is 0.227. The van der Waals surface area contributed by atoms with Gasteiger partial charge in [0, 0.05) is 18.1 Å². The summed E-state index contributed by atoms with van der Waals surface area (Å²) >= 11 is 5.97. The minimum atomic E-state index is -0.0111. The molecular formula is C22H23ClN2O2.